The number of halogens is 1. The van der Waals surface area contributed by atoms with Crippen LogP contribution in [0.3, 0.4) is 0 Å². The number of carbonyl (C=O) groups is 1. The van der Waals surface area contributed by atoms with Crippen molar-refractivity contribution in [2.75, 3.05) is 23.3 Å². The lowest BCUT2D eigenvalue weighted by Gasteiger charge is -2.23. The van der Waals surface area contributed by atoms with Crippen molar-refractivity contribution < 1.29 is 9.18 Å². The number of hydrogen-bond acceptors (Lipinski definition) is 3. The van der Waals surface area contributed by atoms with Gasteiger partial charge in [0, 0.05) is 31.1 Å². The second-order valence-corrected chi connectivity index (χ2v) is 6.85. The summed E-state index contributed by atoms with van der Waals surface area (Å²) in [6.45, 7) is 7.73. The first-order valence-electron chi connectivity index (χ1n) is 9.54. The Kier molecular flexibility index (Phi) is 5.89. The van der Waals surface area contributed by atoms with Crippen LogP contribution in [0.1, 0.15) is 43.7 Å². The van der Waals surface area contributed by atoms with Crippen LogP contribution in [-0.2, 0) is 4.79 Å². The van der Waals surface area contributed by atoms with Gasteiger partial charge in [-0.05, 0) is 49.6 Å². The smallest absolute Gasteiger partial charge is 0.237 e. The number of nitrogens with one attached hydrogen (secondary N) is 1. The fourth-order valence-electron chi connectivity index (χ4n) is 3.48. The van der Waals surface area contributed by atoms with Gasteiger partial charge in [0.2, 0.25) is 5.91 Å². The molecule has 0 radical (unpaired) electrons. The van der Waals surface area contributed by atoms with E-state index in [1.165, 1.54) is 6.07 Å². The average Bonchev–Trinajstić information content (AvgIpc) is 2.98. The number of hydrogen-bond donors (Lipinski definition) is 1. The van der Waals surface area contributed by atoms with Crippen LogP contribution in [0.15, 0.2) is 41.4 Å². The van der Waals surface area contributed by atoms with Crippen LogP contribution in [0.5, 0.6) is 0 Å². The zero-order chi connectivity index (χ0) is 19.4. The number of aryl methyl sites for hydroxylation is 1. The first-order chi connectivity index (χ1) is 13.0. The Balaban J connectivity index is 1.81. The van der Waals surface area contributed by atoms with E-state index >= 15 is 0 Å². The maximum atomic E-state index is 14.6. The van der Waals surface area contributed by atoms with Crippen LogP contribution >= 0.6 is 0 Å². The lowest BCUT2D eigenvalue weighted by molar-refractivity contribution is -0.115. The number of anilines is 2. The molecule has 1 N–H and O–H groups in total. The third-order valence-electron chi connectivity index (χ3n) is 4.98. The number of carbonyl (C=O) groups excluding carboxylic acids is 1. The Morgan fingerprint density at radius 1 is 1.26 bits per heavy atom. The number of amides is 1. The monoisotopic (exact) mass is 367 g/mol. The number of nitrogens with zero attached hydrogens (tertiary/aromatic N) is 2. The molecule has 1 amide bonds. The van der Waals surface area contributed by atoms with E-state index in [0.717, 1.165) is 42.7 Å². The molecule has 0 saturated heterocycles. The summed E-state index contributed by atoms with van der Waals surface area (Å²) in [5.41, 5.74) is 3.92. The van der Waals surface area contributed by atoms with Gasteiger partial charge in [-0.3, -0.25) is 9.79 Å². The molecule has 27 heavy (non-hydrogen) atoms. The third-order valence-corrected chi connectivity index (χ3v) is 4.98. The van der Waals surface area contributed by atoms with E-state index in [2.05, 4.69) is 17.2 Å². The molecule has 2 aromatic rings. The van der Waals surface area contributed by atoms with Gasteiger partial charge in [-0.25, -0.2) is 4.39 Å². The average molecular weight is 367 g/mol. The van der Waals surface area contributed by atoms with Crippen LogP contribution in [-0.4, -0.2) is 25.2 Å². The van der Waals surface area contributed by atoms with Crippen molar-refractivity contribution in [2.45, 2.75) is 39.5 Å². The van der Waals surface area contributed by atoms with Crippen molar-refractivity contribution in [1.29, 1.82) is 0 Å². The fraction of sp³-hybridized carbons (Fsp3) is 0.364. The second-order valence-electron chi connectivity index (χ2n) is 6.85. The summed E-state index contributed by atoms with van der Waals surface area (Å²) in [5.74, 6) is -0.826. The van der Waals surface area contributed by atoms with E-state index in [1.54, 1.807) is 18.3 Å². The minimum atomic E-state index is -0.444. The fourth-order valence-corrected chi connectivity index (χ4v) is 3.48. The molecular weight excluding hydrogens is 341 g/mol. The topological polar surface area (TPSA) is 44.7 Å². The highest BCUT2D eigenvalue weighted by atomic mass is 19.1. The van der Waals surface area contributed by atoms with Gasteiger partial charge in [-0.15, -0.1) is 0 Å². The number of rotatable bonds is 7. The molecule has 1 unspecified atom stereocenters. The lowest BCUT2D eigenvalue weighted by Crippen LogP contribution is -2.24. The van der Waals surface area contributed by atoms with E-state index < -0.39 is 5.92 Å². The normalized spacial score (nSPS) is 15.9. The summed E-state index contributed by atoms with van der Waals surface area (Å²) in [4.78, 5) is 18.7. The highest BCUT2D eigenvalue weighted by molar-refractivity contribution is 6.13. The molecule has 5 heteroatoms. The molecule has 3 rings (SSSR count). The van der Waals surface area contributed by atoms with E-state index in [1.807, 2.05) is 36.9 Å². The maximum absolute atomic E-state index is 14.6. The predicted octanol–water partition coefficient (Wildman–Crippen LogP) is 5.20. The molecule has 0 aliphatic carbocycles. The molecule has 1 aliphatic heterocycles. The molecule has 1 heterocycles. The Morgan fingerprint density at radius 2 is 2.07 bits per heavy atom. The van der Waals surface area contributed by atoms with Gasteiger partial charge in [0.25, 0.3) is 0 Å². The highest BCUT2D eigenvalue weighted by Gasteiger charge is 2.30. The van der Waals surface area contributed by atoms with E-state index in [4.69, 9.17) is 0 Å². The van der Waals surface area contributed by atoms with E-state index in [0.29, 0.717) is 11.4 Å². The standard InChI is InChI=1S/C22H26FN3O/c1-4-6-12-26(5-2)20-11-10-16(13-18(20)23)24-14-17-21-15(3)8-7-9-19(21)25-22(17)27/h7-11,13-14,17H,4-6,12H2,1-3H3,(H,25,27). The van der Waals surface area contributed by atoms with Gasteiger partial charge in [-0.1, -0.05) is 25.5 Å². The van der Waals surface area contributed by atoms with Crippen LogP contribution in [0.4, 0.5) is 21.5 Å². The van der Waals surface area contributed by atoms with Gasteiger partial charge < -0.3 is 10.2 Å². The Bertz CT molecular complexity index is 863. The molecule has 4 nitrogen and oxygen atoms in total. The minimum Gasteiger partial charge on any atom is -0.369 e. The van der Waals surface area contributed by atoms with Gasteiger partial charge in [0.05, 0.1) is 11.4 Å². The molecule has 142 valence electrons. The summed E-state index contributed by atoms with van der Waals surface area (Å²) in [6.07, 6.45) is 3.71. The SMILES string of the molecule is CCCCN(CC)c1ccc(N=CC2C(=O)Nc3cccc(C)c32)cc1F. The Labute approximate surface area is 160 Å². The second kappa shape index (κ2) is 8.33. The Morgan fingerprint density at radius 3 is 2.78 bits per heavy atom. The van der Waals surface area contributed by atoms with Crippen molar-refractivity contribution in [1.82, 2.24) is 0 Å². The molecule has 0 aromatic heterocycles. The van der Waals surface area contributed by atoms with Crippen molar-refractivity contribution in [2.24, 2.45) is 4.99 Å². The maximum Gasteiger partial charge on any atom is 0.237 e. The molecular formula is C22H26FN3O. The van der Waals surface area contributed by atoms with Crippen molar-refractivity contribution >= 4 is 29.2 Å². The number of aliphatic imine (C=N–C) groups is 1. The van der Waals surface area contributed by atoms with Gasteiger partial charge in [0.15, 0.2) is 0 Å². The van der Waals surface area contributed by atoms with Gasteiger partial charge in [-0.2, -0.15) is 0 Å². The molecule has 1 atom stereocenters. The van der Waals surface area contributed by atoms with Crippen LogP contribution < -0.4 is 10.2 Å². The Hall–Kier alpha value is -2.69. The summed E-state index contributed by atoms with van der Waals surface area (Å²) < 4.78 is 14.6. The molecule has 0 fully saturated rings. The van der Waals surface area contributed by atoms with Gasteiger partial charge in [0.1, 0.15) is 11.7 Å². The molecule has 1 aliphatic rings. The first-order valence-corrected chi connectivity index (χ1v) is 9.54. The van der Waals surface area contributed by atoms with Crippen LogP contribution in [0.25, 0.3) is 0 Å². The zero-order valence-corrected chi connectivity index (χ0v) is 16.1. The van der Waals surface area contributed by atoms with Crippen LogP contribution in [0, 0.1) is 12.7 Å². The number of unbranched alkanes of at least 4 members (excludes halogenated alkanes) is 1. The van der Waals surface area contributed by atoms with E-state index in [-0.39, 0.29) is 11.7 Å². The zero-order valence-electron chi connectivity index (χ0n) is 16.1. The molecule has 2 aromatic carbocycles. The molecule has 0 spiro atoms. The first kappa shape index (κ1) is 19.1. The molecule has 0 bridgehead atoms. The minimum absolute atomic E-state index is 0.100. The largest absolute Gasteiger partial charge is 0.369 e. The van der Waals surface area contributed by atoms with E-state index in [9.17, 15) is 9.18 Å². The van der Waals surface area contributed by atoms with Crippen LogP contribution in [0.2, 0.25) is 0 Å². The van der Waals surface area contributed by atoms with Crippen molar-refractivity contribution in [3.05, 3.63) is 53.3 Å². The highest BCUT2D eigenvalue weighted by Crippen LogP contribution is 2.34. The predicted molar refractivity (Wildman–Crippen MR) is 110 cm³/mol. The summed E-state index contributed by atoms with van der Waals surface area (Å²) in [7, 11) is 0. The number of fused-ring (bicyclic) bond motifs is 1. The van der Waals surface area contributed by atoms with Crippen molar-refractivity contribution in [3.63, 3.8) is 0 Å². The van der Waals surface area contributed by atoms with Gasteiger partial charge >= 0.3 is 0 Å². The third kappa shape index (κ3) is 4.02. The molecule has 0 saturated carbocycles. The number of benzene rings is 2. The quantitative estimate of drug-likeness (QED) is 0.684. The summed E-state index contributed by atoms with van der Waals surface area (Å²) >= 11 is 0. The summed E-state index contributed by atoms with van der Waals surface area (Å²) in [5, 5.41) is 2.88. The lowest BCUT2D eigenvalue weighted by atomic mass is 9.97. The summed E-state index contributed by atoms with van der Waals surface area (Å²) in [6, 6.07) is 10.8. The van der Waals surface area contributed by atoms with Crippen molar-refractivity contribution in [3.8, 4) is 0 Å².